The Morgan fingerprint density at radius 3 is 1.97 bits per heavy atom. The van der Waals surface area contributed by atoms with E-state index in [0.29, 0.717) is 31.4 Å². The summed E-state index contributed by atoms with van der Waals surface area (Å²) in [6, 6.07) is 2.16. The minimum atomic E-state index is -1.17. The van der Waals surface area contributed by atoms with Gasteiger partial charge in [-0.05, 0) is 55.3 Å². The van der Waals surface area contributed by atoms with Gasteiger partial charge < -0.3 is 37.6 Å². The first kappa shape index (κ1) is 31.8. The highest BCUT2D eigenvalue weighted by molar-refractivity contribution is 5.94. The molecule has 0 aliphatic carbocycles. The minimum absolute atomic E-state index is 0.0577. The van der Waals surface area contributed by atoms with E-state index in [9.17, 15) is 29.4 Å². The van der Waals surface area contributed by atoms with Crippen molar-refractivity contribution in [2.45, 2.75) is 84.0 Å². The Labute approximate surface area is 218 Å². The van der Waals surface area contributed by atoms with Crippen LogP contribution in [0.1, 0.15) is 58.9 Å². The van der Waals surface area contributed by atoms with Crippen molar-refractivity contribution in [1.29, 1.82) is 0 Å². The second-order valence-electron chi connectivity index (χ2n) is 9.76. The van der Waals surface area contributed by atoms with E-state index in [4.69, 9.17) is 11.5 Å². The summed E-state index contributed by atoms with van der Waals surface area (Å²) in [7, 11) is 0. The highest BCUT2D eigenvalue weighted by atomic mass is 16.4. The van der Waals surface area contributed by atoms with E-state index in [1.54, 1.807) is 26.0 Å². The lowest BCUT2D eigenvalue weighted by Gasteiger charge is -2.27. The Balaban J connectivity index is 3.16. The monoisotopic (exact) mass is 521 g/mol. The molecule has 0 saturated heterocycles. The summed E-state index contributed by atoms with van der Waals surface area (Å²) >= 11 is 0. The van der Waals surface area contributed by atoms with Crippen LogP contribution < -0.4 is 27.4 Å². The Bertz CT molecular complexity index is 892. The number of aromatic hydroxyl groups is 1. The number of amides is 3. The van der Waals surface area contributed by atoms with Crippen molar-refractivity contribution < 1.29 is 29.4 Å². The molecule has 0 radical (unpaired) electrons. The largest absolute Gasteiger partial charge is 0.508 e. The molecule has 5 unspecified atom stereocenters. The van der Waals surface area contributed by atoms with Crippen LogP contribution in [0, 0.1) is 11.8 Å². The summed E-state index contributed by atoms with van der Waals surface area (Å²) in [5, 5.41) is 26.9. The number of carbonyl (C=O) groups excluding carboxylic acids is 3. The summed E-state index contributed by atoms with van der Waals surface area (Å²) in [6.07, 6.45) is 2.15. The van der Waals surface area contributed by atoms with Crippen LogP contribution in [-0.4, -0.2) is 64.6 Å². The van der Waals surface area contributed by atoms with Crippen LogP contribution in [0.4, 0.5) is 0 Å². The molecule has 1 rings (SSSR count). The fourth-order valence-electron chi connectivity index (χ4n) is 3.66. The number of hydrogen-bond donors (Lipinski definition) is 7. The van der Waals surface area contributed by atoms with Gasteiger partial charge in [-0.3, -0.25) is 14.4 Å². The zero-order valence-electron chi connectivity index (χ0n) is 22.2. The molecule has 0 heterocycles. The number of carboxylic acid groups (broad SMARTS) is 1. The number of hydrogen-bond acceptors (Lipinski definition) is 7. The predicted octanol–water partition coefficient (Wildman–Crippen LogP) is 0.632. The van der Waals surface area contributed by atoms with E-state index in [1.165, 1.54) is 12.1 Å². The van der Waals surface area contributed by atoms with Crippen LogP contribution in [-0.2, 0) is 25.6 Å². The number of aliphatic carboxylic acids is 1. The van der Waals surface area contributed by atoms with Crippen LogP contribution >= 0.6 is 0 Å². The van der Waals surface area contributed by atoms with Gasteiger partial charge in [-0.25, -0.2) is 4.79 Å². The lowest BCUT2D eigenvalue weighted by molar-refractivity contribution is -0.143. The molecule has 3 amide bonds. The Morgan fingerprint density at radius 2 is 1.46 bits per heavy atom. The van der Waals surface area contributed by atoms with E-state index >= 15 is 0 Å². The molecule has 0 bridgehead atoms. The topological polar surface area (TPSA) is 197 Å². The molecular formula is C26H43N5O6. The maximum atomic E-state index is 13.4. The second kappa shape index (κ2) is 15.8. The second-order valence-corrected chi connectivity index (χ2v) is 9.76. The van der Waals surface area contributed by atoms with Crippen molar-refractivity contribution in [3.63, 3.8) is 0 Å². The maximum Gasteiger partial charge on any atom is 0.326 e. The average molecular weight is 522 g/mol. The number of phenolic OH excluding ortho intramolecular Hbond substituents is 1. The highest BCUT2D eigenvalue weighted by Gasteiger charge is 2.31. The van der Waals surface area contributed by atoms with Gasteiger partial charge in [0.05, 0.1) is 6.04 Å². The van der Waals surface area contributed by atoms with Crippen molar-refractivity contribution in [3.05, 3.63) is 29.8 Å². The van der Waals surface area contributed by atoms with Gasteiger partial charge in [-0.15, -0.1) is 0 Å². The summed E-state index contributed by atoms with van der Waals surface area (Å²) in [5.74, 6) is -3.33. The van der Waals surface area contributed by atoms with Crippen LogP contribution in [0.2, 0.25) is 0 Å². The van der Waals surface area contributed by atoms with Crippen LogP contribution in [0.15, 0.2) is 24.3 Å². The molecule has 0 fully saturated rings. The first-order chi connectivity index (χ1) is 17.4. The molecule has 37 heavy (non-hydrogen) atoms. The minimum Gasteiger partial charge on any atom is -0.508 e. The van der Waals surface area contributed by atoms with Crippen LogP contribution in [0.3, 0.4) is 0 Å². The van der Waals surface area contributed by atoms with Crippen molar-refractivity contribution in [3.8, 4) is 5.75 Å². The molecule has 5 atom stereocenters. The fourth-order valence-corrected chi connectivity index (χ4v) is 3.66. The highest BCUT2D eigenvalue weighted by Crippen LogP contribution is 2.13. The van der Waals surface area contributed by atoms with Crippen LogP contribution in [0.25, 0.3) is 0 Å². The molecular weight excluding hydrogens is 478 g/mol. The van der Waals surface area contributed by atoms with Crippen LogP contribution in [0.5, 0.6) is 5.75 Å². The molecule has 208 valence electrons. The summed E-state index contributed by atoms with van der Waals surface area (Å²) in [5.41, 5.74) is 12.3. The maximum absolute atomic E-state index is 13.4. The normalized spacial score (nSPS) is 15.2. The summed E-state index contributed by atoms with van der Waals surface area (Å²) in [4.78, 5) is 50.8. The molecule has 0 aliphatic rings. The van der Waals surface area contributed by atoms with Crippen molar-refractivity contribution in [2.24, 2.45) is 23.3 Å². The number of rotatable bonds is 16. The zero-order chi connectivity index (χ0) is 28.1. The fraction of sp³-hybridized carbons (Fsp3) is 0.615. The molecule has 0 spiro atoms. The molecule has 0 saturated carbocycles. The van der Waals surface area contributed by atoms with Gasteiger partial charge in [0.1, 0.15) is 23.9 Å². The molecule has 0 aliphatic heterocycles. The third-order valence-corrected chi connectivity index (χ3v) is 6.38. The molecule has 0 aromatic heterocycles. The lowest BCUT2D eigenvalue weighted by atomic mass is 9.98. The molecule has 1 aromatic rings. The Kier molecular flexibility index (Phi) is 13.6. The first-order valence-electron chi connectivity index (χ1n) is 12.8. The number of nitrogens with one attached hydrogen (secondary N) is 3. The van der Waals surface area contributed by atoms with E-state index in [0.717, 1.165) is 0 Å². The van der Waals surface area contributed by atoms with Gasteiger partial charge in [-0.1, -0.05) is 46.2 Å². The predicted molar refractivity (Wildman–Crippen MR) is 140 cm³/mol. The summed E-state index contributed by atoms with van der Waals surface area (Å²) in [6.45, 7) is 7.49. The lowest BCUT2D eigenvalue weighted by Crippen LogP contribution is -2.58. The number of nitrogens with two attached hydrogens (primary N) is 2. The summed E-state index contributed by atoms with van der Waals surface area (Å²) < 4.78 is 0. The van der Waals surface area contributed by atoms with Crippen molar-refractivity contribution in [1.82, 2.24) is 16.0 Å². The van der Waals surface area contributed by atoms with Gasteiger partial charge in [0.2, 0.25) is 17.7 Å². The van der Waals surface area contributed by atoms with Gasteiger partial charge in [0.25, 0.3) is 0 Å². The smallest absolute Gasteiger partial charge is 0.326 e. The number of phenols is 1. The molecule has 11 nitrogen and oxygen atoms in total. The average Bonchev–Trinajstić information content (AvgIpc) is 2.85. The number of benzene rings is 1. The third kappa shape index (κ3) is 10.8. The van der Waals surface area contributed by atoms with E-state index in [2.05, 4.69) is 16.0 Å². The van der Waals surface area contributed by atoms with E-state index < -0.39 is 47.9 Å². The molecule has 11 heteroatoms. The number of carbonyl (C=O) groups is 4. The van der Waals surface area contributed by atoms with Gasteiger partial charge in [0, 0.05) is 6.42 Å². The van der Waals surface area contributed by atoms with Gasteiger partial charge in [0.15, 0.2) is 0 Å². The zero-order valence-corrected chi connectivity index (χ0v) is 22.2. The number of unbranched alkanes of at least 4 members (excludes halogenated alkanes) is 1. The SMILES string of the molecule is CCC(C)C(N)C(=O)NC(Cc1ccc(O)cc1)C(=O)NC(CCCCN)C(=O)NC(C(=O)O)C(C)C. The van der Waals surface area contributed by atoms with Gasteiger partial charge in [-0.2, -0.15) is 0 Å². The number of carboxylic acids is 1. The van der Waals surface area contributed by atoms with Crippen molar-refractivity contribution >= 4 is 23.7 Å². The third-order valence-electron chi connectivity index (χ3n) is 6.38. The quantitative estimate of drug-likeness (QED) is 0.154. The van der Waals surface area contributed by atoms with Crippen molar-refractivity contribution in [2.75, 3.05) is 6.54 Å². The van der Waals surface area contributed by atoms with E-state index in [-0.39, 0.29) is 30.4 Å². The standard InChI is InChI=1S/C26H43N5O6/c1-5-16(4)21(28)25(35)30-20(14-17-9-11-18(32)12-10-17)24(34)29-19(8-6-7-13-27)23(33)31-22(15(2)3)26(36)37/h9-12,15-16,19-22,32H,5-8,13-14,27-28H2,1-4H3,(H,29,34)(H,30,35)(H,31,33)(H,36,37). The molecule has 1 aromatic carbocycles. The Morgan fingerprint density at radius 1 is 0.892 bits per heavy atom. The van der Waals surface area contributed by atoms with Gasteiger partial charge >= 0.3 is 5.97 Å². The molecule has 9 N–H and O–H groups in total. The first-order valence-corrected chi connectivity index (χ1v) is 12.8. The Hall–Kier alpha value is -3.18. The van der Waals surface area contributed by atoms with E-state index in [1.807, 2.05) is 13.8 Å².